The maximum atomic E-state index is 15.5. The lowest BCUT2D eigenvalue weighted by molar-refractivity contribution is -0.127. The van der Waals surface area contributed by atoms with Gasteiger partial charge in [-0.2, -0.15) is 19.0 Å². The van der Waals surface area contributed by atoms with Crippen molar-refractivity contribution in [1.82, 2.24) is 34.4 Å². The van der Waals surface area contributed by atoms with Crippen LogP contribution < -0.4 is 20.5 Å². The second kappa shape index (κ2) is 13.9. The molecule has 0 radical (unpaired) electrons. The van der Waals surface area contributed by atoms with Crippen LogP contribution in [0.5, 0.6) is 0 Å². The van der Waals surface area contributed by atoms with Gasteiger partial charge in [0.2, 0.25) is 15.9 Å². The summed E-state index contributed by atoms with van der Waals surface area (Å²) in [5, 5.41) is 11.0. The largest absolute Gasteiger partial charge is 0.380 e. The number of benzene rings is 3. The molecule has 1 amide bonds. The monoisotopic (exact) mass is 901 g/mol. The Morgan fingerprint density at radius 3 is 2.44 bits per heavy atom. The van der Waals surface area contributed by atoms with Crippen molar-refractivity contribution >= 4 is 60.8 Å². The number of ether oxygens (including phenoxy) is 1. The molecule has 4 aliphatic rings. The molecule has 5 heterocycles. The molecular weight excluding hydrogens is 868 g/mol. The van der Waals surface area contributed by atoms with Crippen molar-refractivity contribution in [3.8, 4) is 5.69 Å². The highest BCUT2D eigenvalue weighted by molar-refractivity contribution is 7.92. The highest BCUT2D eigenvalue weighted by Gasteiger charge is 2.67. The number of sulfonamides is 1. The Hall–Kier alpha value is -5.67. The van der Waals surface area contributed by atoms with E-state index in [1.54, 1.807) is 18.2 Å². The molecule has 3 atom stereocenters. The van der Waals surface area contributed by atoms with Crippen LogP contribution in [0.1, 0.15) is 53.1 Å². The number of amides is 1. The smallest absolute Gasteiger partial charge is 0.293 e. The summed E-state index contributed by atoms with van der Waals surface area (Å²) >= 11 is 6.64. The number of hydrogen-bond acceptors (Lipinski definition) is 9. The molecule has 0 bridgehead atoms. The molecule has 2 aliphatic heterocycles. The van der Waals surface area contributed by atoms with Gasteiger partial charge in [0.05, 0.1) is 63.4 Å². The lowest BCUT2D eigenvalue weighted by Gasteiger charge is -2.56. The minimum Gasteiger partial charge on any atom is -0.380 e. The van der Waals surface area contributed by atoms with Gasteiger partial charge in [-0.1, -0.05) is 11.6 Å². The molecule has 324 valence electrons. The number of carbonyl (C=O) groups excluding carboxylic acids is 1. The maximum Gasteiger partial charge on any atom is 0.293 e. The summed E-state index contributed by atoms with van der Waals surface area (Å²) in [6.45, 7) is 1.63. The maximum absolute atomic E-state index is 15.5. The zero-order valence-corrected chi connectivity index (χ0v) is 34.2. The first-order chi connectivity index (χ1) is 29.3. The normalized spacial score (nSPS) is 20.0. The molecule has 3 aromatic heterocycles. The summed E-state index contributed by atoms with van der Waals surface area (Å²) in [5.41, 5.74) is -1.51. The highest BCUT2D eigenvalue weighted by Crippen LogP contribution is 2.68. The highest BCUT2D eigenvalue weighted by atomic mass is 35.5. The number of rotatable bonds is 11. The van der Waals surface area contributed by atoms with Crippen molar-refractivity contribution in [3.05, 3.63) is 104 Å². The van der Waals surface area contributed by atoms with Crippen LogP contribution in [0.3, 0.4) is 0 Å². The Bertz CT molecular complexity index is 3050. The summed E-state index contributed by atoms with van der Waals surface area (Å²) in [7, 11) is -2.43. The number of aromatic nitrogens is 6. The van der Waals surface area contributed by atoms with Crippen LogP contribution in [0.2, 0.25) is 5.02 Å². The summed E-state index contributed by atoms with van der Waals surface area (Å²) in [4.78, 5) is 36.2. The lowest BCUT2D eigenvalue weighted by Crippen LogP contribution is -2.66. The number of nitrogens with one attached hydrogen (secondary N) is 2. The van der Waals surface area contributed by atoms with E-state index in [4.69, 9.17) is 21.3 Å². The third-order valence-electron chi connectivity index (χ3n) is 12.0. The van der Waals surface area contributed by atoms with Crippen molar-refractivity contribution in [2.75, 3.05) is 42.2 Å². The van der Waals surface area contributed by atoms with Crippen molar-refractivity contribution < 1.29 is 44.3 Å². The van der Waals surface area contributed by atoms with Crippen LogP contribution in [0.15, 0.2) is 53.3 Å². The third kappa shape index (κ3) is 6.57. The third-order valence-corrected chi connectivity index (χ3v) is 12.9. The molecule has 3 fully saturated rings. The van der Waals surface area contributed by atoms with Gasteiger partial charge in [-0.05, 0) is 60.4 Å². The minimum atomic E-state index is -3.90. The van der Waals surface area contributed by atoms with E-state index >= 15 is 13.6 Å². The molecule has 10 rings (SSSR count). The van der Waals surface area contributed by atoms with Crippen molar-refractivity contribution in [2.24, 2.45) is 18.4 Å². The lowest BCUT2D eigenvalue weighted by atomic mass is 9.78. The van der Waals surface area contributed by atoms with Crippen molar-refractivity contribution in [2.45, 2.75) is 43.7 Å². The summed E-state index contributed by atoms with van der Waals surface area (Å²) in [5.74, 6) is -8.88. The van der Waals surface area contributed by atoms with E-state index in [2.05, 4.69) is 25.1 Å². The summed E-state index contributed by atoms with van der Waals surface area (Å²) < 4.78 is 124. The number of carbonyl (C=O) groups is 1. The van der Waals surface area contributed by atoms with Crippen LogP contribution in [-0.4, -0.2) is 76.0 Å². The summed E-state index contributed by atoms with van der Waals surface area (Å²) in [6, 6.07) is 9.00. The fourth-order valence-electron chi connectivity index (χ4n) is 9.28. The number of nitrogens with zero attached hydrogens (tertiary/aromatic N) is 7. The molecule has 2 N–H and O–H groups in total. The van der Waals surface area contributed by atoms with Crippen molar-refractivity contribution in [1.29, 1.82) is 0 Å². The fourth-order valence-corrected chi connectivity index (χ4v) is 10.0. The van der Waals surface area contributed by atoms with E-state index in [1.165, 1.54) is 23.9 Å². The topological polar surface area (TPSA) is 158 Å². The van der Waals surface area contributed by atoms with Crippen LogP contribution in [-0.2, 0) is 45.5 Å². The Kier molecular flexibility index (Phi) is 9.07. The van der Waals surface area contributed by atoms with Gasteiger partial charge in [-0.25, -0.2) is 31.0 Å². The molecule has 2 saturated heterocycles. The van der Waals surface area contributed by atoms with E-state index in [9.17, 15) is 30.8 Å². The fraction of sp³-hybridized carbons (Fsp3) is 0.375. The Labute approximate surface area is 352 Å². The zero-order chi connectivity index (χ0) is 43.8. The Morgan fingerprint density at radius 1 is 1.05 bits per heavy atom. The molecule has 1 spiro atoms. The van der Waals surface area contributed by atoms with E-state index in [0.29, 0.717) is 37.1 Å². The number of hydrogen-bond donors (Lipinski definition) is 2. The number of alkyl halides is 4. The first-order valence-corrected chi connectivity index (χ1v) is 21.6. The zero-order valence-electron chi connectivity index (χ0n) is 32.6. The standard InChI is InChI=1S/C40H34ClF6N9O5S/c1-53-33-28(6-5-25(41)31(33)36(51-53)52-62(2,59)60)56-37(49-26-11-21(3-4-22(26)38(56)58)54-14-39(15-54)16-61-17-39)27(9-18-7-19(42)10-20(43)8-18)48-29(57)13-55-34-30(32(50-55)35(44)45)23-12-24(23)40(34,46)47/h3-8,10-11,23-24,27,35H,9,12-17H2,1-2H3,(H,48,57)(H,51,52)/t23-,24+,27-/m0/s1. The second-order valence-corrected chi connectivity index (χ2v) is 18.7. The van der Waals surface area contributed by atoms with E-state index < -0.39 is 87.7 Å². The first kappa shape index (κ1) is 40.4. The molecule has 1 saturated carbocycles. The van der Waals surface area contributed by atoms with E-state index in [1.807, 2.05) is 0 Å². The van der Waals surface area contributed by atoms with E-state index in [0.717, 1.165) is 28.6 Å². The van der Waals surface area contributed by atoms with Gasteiger partial charge < -0.3 is 15.0 Å². The predicted octanol–water partition coefficient (Wildman–Crippen LogP) is 5.86. The number of halogens is 7. The molecular formula is C40H34ClF6N9O5S. The van der Waals surface area contributed by atoms with Gasteiger partial charge in [0.1, 0.15) is 35.4 Å². The molecule has 3 aromatic carbocycles. The number of aryl methyl sites for hydroxylation is 1. The van der Waals surface area contributed by atoms with Crippen molar-refractivity contribution in [3.63, 3.8) is 0 Å². The van der Waals surface area contributed by atoms with Crippen LogP contribution >= 0.6 is 11.6 Å². The van der Waals surface area contributed by atoms with Gasteiger partial charge in [0, 0.05) is 49.8 Å². The molecule has 6 aromatic rings. The quantitative estimate of drug-likeness (QED) is 0.152. The molecule has 14 nitrogen and oxygen atoms in total. The minimum absolute atomic E-state index is 0.00421. The van der Waals surface area contributed by atoms with Gasteiger partial charge in [0.15, 0.2) is 5.82 Å². The van der Waals surface area contributed by atoms with Gasteiger partial charge in [-0.15, -0.1) is 0 Å². The molecule has 0 unspecified atom stereocenters. The average Bonchev–Trinajstić information content (AvgIpc) is 3.68. The van der Waals surface area contributed by atoms with E-state index in [-0.39, 0.29) is 67.1 Å². The Morgan fingerprint density at radius 2 is 1.77 bits per heavy atom. The Balaban J connectivity index is 1.15. The number of anilines is 2. The first-order valence-electron chi connectivity index (χ1n) is 19.3. The van der Waals surface area contributed by atoms with Gasteiger partial charge in [-0.3, -0.25) is 28.2 Å². The van der Waals surface area contributed by atoms with Crippen LogP contribution in [0.4, 0.5) is 37.8 Å². The predicted molar refractivity (Wildman–Crippen MR) is 213 cm³/mol. The SMILES string of the molecule is Cn1nc(NS(C)(=O)=O)c2c(Cl)ccc(-n3c([C@H](Cc4cc(F)cc(F)c4)NC(=O)Cn4nc(C(F)F)c5c4C(F)(F)[C@@H]4C[C@H]54)nc4cc(N5CC6(COC6)C5)ccc4c3=O)c21. The second-order valence-electron chi connectivity index (χ2n) is 16.6. The van der Waals surface area contributed by atoms with Gasteiger partial charge in [0.25, 0.3) is 17.9 Å². The van der Waals surface area contributed by atoms with Crippen LogP contribution in [0.25, 0.3) is 27.5 Å². The van der Waals surface area contributed by atoms with Crippen LogP contribution in [0, 0.1) is 23.0 Å². The number of fused-ring (bicyclic) bond motifs is 5. The molecule has 22 heteroatoms. The van der Waals surface area contributed by atoms with Gasteiger partial charge >= 0.3 is 0 Å². The summed E-state index contributed by atoms with van der Waals surface area (Å²) in [6.07, 6.45) is -2.71. The molecule has 62 heavy (non-hydrogen) atoms. The molecule has 2 aliphatic carbocycles. The average molecular weight is 902 g/mol.